The summed E-state index contributed by atoms with van der Waals surface area (Å²) in [4.78, 5) is 3.98. The molecule has 16 heavy (non-hydrogen) atoms. The lowest BCUT2D eigenvalue weighted by Crippen LogP contribution is -2.01. The zero-order valence-electron chi connectivity index (χ0n) is 8.77. The summed E-state index contributed by atoms with van der Waals surface area (Å²) in [5, 5.41) is 0. The number of ether oxygens (including phenoxy) is 1. The summed E-state index contributed by atoms with van der Waals surface area (Å²) in [6.45, 7) is 0.699. The van der Waals surface area contributed by atoms with E-state index in [2.05, 4.69) is 27.6 Å². The average molecular weight is 325 g/mol. The van der Waals surface area contributed by atoms with Crippen LogP contribution in [-0.2, 0) is 6.42 Å². The fraction of sp³-hybridized carbons (Fsp3) is 0.154. The third kappa shape index (κ3) is 3.48. The van der Waals surface area contributed by atoms with Crippen molar-refractivity contribution < 1.29 is 4.74 Å². The maximum absolute atomic E-state index is 5.64. The van der Waals surface area contributed by atoms with Crippen LogP contribution in [0.4, 0.5) is 0 Å². The first-order chi connectivity index (χ1) is 7.84. The standard InChI is InChI=1S/C13H12INO/c14-12-1-3-13(4-2-12)16-10-7-11-5-8-15-9-6-11/h1-6,8-9H,7,10H2. The molecule has 2 rings (SSSR count). The van der Waals surface area contributed by atoms with Gasteiger partial charge in [0.2, 0.25) is 0 Å². The van der Waals surface area contributed by atoms with Crippen LogP contribution >= 0.6 is 22.6 Å². The van der Waals surface area contributed by atoms with Crippen LogP contribution in [0.1, 0.15) is 5.56 Å². The molecule has 0 unspecified atom stereocenters. The van der Waals surface area contributed by atoms with Crippen molar-refractivity contribution in [2.24, 2.45) is 0 Å². The van der Waals surface area contributed by atoms with E-state index in [9.17, 15) is 0 Å². The number of halogens is 1. The molecule has 0 aliphatic rings. The van der Waals surface area contributed by atoms with Crippen LogP contribution < -0.4 is 4.74 Å². The van der Waals surface area contributed by atoms with Gasteiger partial charge in [0.1, 0.15) is 5.75 Å². The van der Waals surface area contributed by atoms with Crippen molar-refractivity contribution in [1.82, 2.24) is 4.98 Å². The summed E-state index contributed by atoms with van der Waals surface area (Å²) in [6, 6.07) is 12.1. The van der Waals surface area contributed by atoms with Gasteiger partial charge in [0, 0.05) is 22.4 Å². The highest BCUT2D eigenvalue weighted by molar-refractivity contribution is 14.1. The van der Waals surface area contributed by atoms with E-state index in [1.807, 2.05) is 36.4 Å². The lowest BCUT2D eigenvalue weighted by molar-refractivity contribution is 0.322. The molecule has 1 aromatic heterocycles. The lowest BCUT2D eigenvalue weighted by atomic mass is 10.2. The third-order valence-electron chi connectivity index (χ3n) is 2.22. The fourth-order valence-electron chi connectivity index (χ4n) is 1.37. The van der Waals surface area contributed by atoms with E-state index in [1.165, 1.54) is 9.13 Å². The molecular formula is C13H12INO. The molecule has 0 atom stereocenters. The lowest BCUT2D eigenvalue weighted by Gasteiger charge is -2.05. The normalized spacial score (nSPS) is 10.1. The first kappa shape index (κ1) is 11.4. The Hall–Kier alpha value is -1.10. The van der Waals surface area contributed by atoms with Gasteiger partial charge < -0.3 is 4.74 Å². The maximum atomic E-state index is 5.64. The molecular weight excluding hydrogens is 313 g/mol. The summed E-state index contributed by atoms with van der Waals surface area (Å²) in [7, 11) is 0. The summed E-state index contributed by atoms with van der Waals surface area (Å²) in [6.07, 6.45) is 4.52. The van der Waals surface area contributed by atoms with E-state index < -0.39 is 0 Å². The molecule has 2 nitrogen and oxygen atoms in total. The maximum Gasteiger partial charge on any atom is 0.119 e. The largest absolute Gasteiger partial charge is 0.493 e. The summed E-state index contributed by atoms with van der Waals surface area (Å²) in [5.41, 5.74) is 1.25. The molecule has 0 saturated heterocycles. The second kappa shape index (κ2) is 5.84. The Morgan fingerprint density at radius 1 is 1.00 bits per heavy atom. The highest BCUT2D eigenvalue weighted by Gasteiger charge is 1.95. The summed E-state index contributed by atoms with van der Waals surface area (Å²) >= 11 is 2.28. The molecule has 3 heteroatoms. The van der Waals surface area contributed by atoms with E-state index in [4.69, 9.17) is 4.74 Å². The predicted octanol–water partition coefficient (Wildman–Crippen LogP) is 3.31. The molecule has 82 valence electrons. The molecule has 0 bridgehead atoms. The van der Waals surface area contributed by atoms with Crippen molar-refractivity contribution in [3.8, 4) is 5.75 Å². The van der Waals surface area contributed by atoms with Crippen molar-refractivity contribution >= 4 is 22.6 Å². The van der Waals surface area contributed by atoms with Crippen molar-refractivity contribution in [3.63, 3.8) is 0 Å². The van der Waals surface area contributed by atoms with Crippen molar-refractivity contribution in [1.29, 1.82) is 0 Å². The summed E-state index contributed by atoms with van der Waals surface area (Å²) in [5.74, 6) is 0.925. The third-order valence-corrected chi connectivity index (χ3v) is 2.94. The van der Waals surface area contributed by atoms with Crippen molar-refractivity contribution in [2.75, 3.05) is 6.61 Å². The van der Waals surface area contributed by atoms with E-state index in [0.29, 0.717) is 6.61 Å². The van der Waals surface area contributed by atoms with Crippen molar-refractivity contribution in [3.05, 3.63) is 57.9 Å². The second-order valence-electron chi connectivity index (χ2n) is 3.41. The van der Waals surface area contributed by atoms with Gasteiger partial charge in [0.25, 0.3) is 0 Å². The number of aromatic nitrogens is 1. The molecule has 0 N–H and O–H groups in total. The molecule has 0 aliphatic carbocycles. The number of pyridine rings is 1. The minimum atomic E-state index is 0.699. The van der Waals surface area contributed by atoms with Crippen molar-refractivity contribution in [2.45, 2.75) is 6.42 Å². The fourth-order valence-corrected chi connectivity index (χ4v) is 1.73. The van der Waals surface area contributed by atoms with E-state index in [-0.39, 0.29) is 0 Å². The van der Waals surface area contributed by atoms with Crippen LogP contribution in [-0.4, -0.2) is 11.6 Å². The Morgan fingerprint density at radius 3 is 2.38 bits per heavy atom. The Morgan fingerprint density at radius 2 is 1.69 bits per heavy atom. The van der Waals surface area contributed by atoms with E-state index in [1.54, 1.807) is 12.4 Å². The van der Waals surface area contributed by atoms with Gasteiger partial charge in [-0.1, -0.05) is 0 Å². The minimum absolute atomic E-state index is 0.699. The molecule has 2 aromatic rings. The number of hydrogen-bond donors (Lipinski definition) is 0. The summed E-state index contributed by atoms with van der Waals surface area (Å²) < 4.78 is 6.86. The molecule has 0 saturated carbocycles. The number of benzene rings is 1. The van der Waals surface area contributed by atoms with Gasteiger partial charge in [-0.05, 0) is 64.6 Å². The molecule has 1 aromatic carbocycles. The van der Waals surface area contributed by atoms with Crippen LogP contribution in [0.5, 0.6) is 5.75 Å². The van der Waals surface area contributed by atoms with Gasteiger partial charge in [-0.2, -0.15) is 0 Å². The van der Waals surface area contributed by atoms with E-state index in [0.717, 1.165) is 12.2 Å². The molecule has 0 radical (unpaired) electrons. The number of nitrogens with zero attached hydrogens (tertiary/aromatic N) is 1. The van der Waals surface area contributed by atoms with Crippen LogP contribution in [0, 0.1) is 3.57 Å². The first-order valence-corrected chi connectivity index (χ1v) is 6.20. The zero-order chi connectivity index (χ0) is 11.2. The highest BCUT2D eigenvalue weighted by Crippen LogP contribution is 2.13. The van der Waals surface area contributed by atoms with Gasteiger partial charge in [-0.3, -0.25) is 4.98 Å². The molecule has 0 amide bonds. The Labute approximate surface area is 109 Å². The van der Waals surface area contributed by atoms with Gasteiger partial charge in [-0.25, -0.2) is 0 Å². The Kier molecular flexibility index (Phi) is 4.16. The highest BCUT2D eigenvalue weighted by atomic mass is 127. The van der Waals surface area contributed by atoms with Crippen LogP contribution in [0.2, 0.25) is 0 Å². The predicted molar refractivity (Wildman–Crippen MR) is 72.6 cm³/mol. The Balaban J connectivity index is 1.82. The van der Waals surface area contributed by atoms with Crippen LogP contribution in [0.3, 0.4) is 0 Å². The van der Waals surface area contributed by atoms with Crippen LogP contribution in [0.15, 0.2) is 48.8 Å². The topological polar surface area (TPSA) is 22.1 Å². The van der Waals surface area contributed by atoms with Gasteiger partial charge in [0.15, 0.2) is 0 Å². The second-order valence-corrected chi connectivity index (χ2v) is 4.65. The van der Waals surface area contributed by atoms with Gasteiger partial charge in [0.05, 0.1) is 6.61 Å². The molecule has 0 fully saturated rings. The van der Waals surface area contributed by atoms with Crippen LogP contribution in [0.25, 0.3) is 0 Å². The smallest absolute Gasteiger partial charge is 0.119 e. The van der Waals surface area contributed by atoms with Gasteiger partial charge in [-0.15, -0.1) is 0 Å². The monoisotopic (exact) mass is 325 g/mol. The zero-order valence-corrected chi connectivity index (χ0v) is 10.9. The quantitative estimate of drug-likeness (QED) is 0.805. The molecule has 0 aliphatic heterocycles. The number of rotatable bonds is 4. The number of hydrogen-bond acceptors (Lipinski definition) is 2. The minimum Gasteiger partial charge on any atom is -0.493 e. The SMILES string of the molecule is Ic1ccc(OCCc2ccncc2)cc1. The Bertz CT molecular complexity index is 427. The molecule has 0 spiro atoms. The average Bonchev–Trinajstić information content (AvgIpc) is 2.33. The first-order valence-electron chi connectivity index (χ1n) is 5.12. The molecule has 1 heterocycles. The van der Waals surface area contributed by atoms with E-state index >= 15 is 0 Å². The van der Waals surface area contributed by atoms with Gasteiger partial charge >= 0.3 is 0 Å².